The Morgan fingerprint density at radius 3 is 3.00 bits per heavy atom. The van der Waals surface area contributed by atoms with Crippen LogP contribution in [0.15, 0.2) is 40.2 Å². The molecule has 2 aromatic heterocycles. The van der Waals surface area contributed by atoms with E-state index in [2.05, 4.69) is 58.0 Å². The molecule has 5 nitrogen and oxygen atoms in total. The Morgan fingerprint density at radius 1 is 1.28 bits per heavy atom. The molecule has 6 heteroatoms. The summed E-state index contributed by atoms with van der Waals surface area (Å²) in [6, 6.07) is 10.8. The number of fused-ring (bicyclic) bond motifs is 3. The van der Waals surface area contributed by atoms with E-state index in [1.165, 1.54) is 16.0 Å². The van der Waals surface area contributed by atoms with Crippen LogP contribution < -0.4 is 5.32 Å². The lowest BCUT2D eigenvalue weighted by atomic mass is 9.95. The van der Waals surface area contributed by atoms with Gasteiger partial charge in [-0.3, -0.25) is 9.69 Å². The fourth-order valence-electron chi connectivity index (χ4n) is 4.40. The molecule has 1 aromatic carbocycles. The van der Waals surface area contributed by atoms with Gasteiger partial charge in [-0.25, -0.2) is 0 Å². The van der Waals surface area contributed by atoms with Crippen LogP contribution in [-0.4, -0.2) is 35.6 Å². The summed E-state index contributed by atoms with van der Waals surface area (Å²) in [6.45, 7) is 5.88. The van der Waals surface area contributed by atoms with E-state index in [-0.39, 0.29) is 5.91 Å². The summed E-state index contributed by atoms with van der Waals surface area (Å²) < 4.78 is 5.54. The van der Waals surface area contributed by atoms with E-state index in [1.807, 2.05) is 0 Å². The van der Waals surface area contributed by atoms with Gasteiger partial charge in [-0.1, -0.05) is 35.0 Å². The van der Waals surface area contributed by atoms with Gasteiger partial charge >= 0.3 is 0 Å². The minimum Gasteiger partial charge on any atom is -0.355 e. The van der Waals surface area contributed by atoms with E-state index >= 15 is 0 Å². The number of amides is 1. The van der Waals surface area contributed by atoms with Crippen LogP contribution in [0, 0.1) is 12.8 Å². The van der Waals surface area contributed by atoms with Crippen molar-refractivity contribution >= 4 is 17.2 Å². The fraction of sp³-hybridized carbons (Fsp3) is 0.391. The molecule has 1 aliphatic carbocycles. The maximum absolute atomic E-state index is 12.7. The first-order valence-electron chi connectivity index (χ1n) is 10.3. The molecule has 0 radical (unpaired) electrons. The number of carbonyl (C=O) groups excluding carboxylic acids is 1. The Kier molecular flexibility index (Phi) is 4.97. The normalized spacial score (nSPS) is 18.4. The molecule has 1 fully saturated rings. The minimum absolute atomic E-state index is 0.106. The zero-order valence-corrected chi connectivity index (χ0v) is 17.4. The van der Waals surface area contributed by atoms with Crippen molar-refractivity contribution in [2.24, 2.45) is 5.92 Å². The molecular weight excluding hydrogens is 382 g/mol. The molecule has 2 aliphatic rings. The third-order valence-corrected chi connectivity index (χ3v) is 7.02. The third-order valence-electron chi connectivity index (χ3n) is 6.04. The Bertz CT molecular complexity index is 1020. The van der Waals surface area contributed by atoms with Gasteiger partial charge in [0, 0.05) is 35.6 Å². The van der Waals surface area contributed by atoms with Crippen molar-refractivity contribution in [3.8, 4) is 11.3 Å². The molecule has 150 valence electrons. The number of hydrogen-bond acceptors (Lipinski definition) is 5. The maximum atomic E-state index is 12.7. The number of aryl methyl sites for hydroxylation is 2. The van der Waals surface area contributed by atoms with Crippen LogP contribution >= 0.6 is 11.3 Å². The molecule has 0 saturated carbocycles. The van der Waals surface area contributed by atoms with Crippen LogP contribution in [0.4, 0.5) is 0 Å². The van der Waals surface area contributed by atoms with Gasteiger partial charge in [0.1, 0.15) is 0 Å². The van der Waals surface area contributed by atoms with Crippen molar-refractivity contribution in [1.29, 1.82) is 0 Å². The summed E-state index contributed by atoms with van der Waals surface area (Å²) in [5, 5.41) is 9.28. The number of nitrogens with zero attached hydrogens (tertiary/aromatic N) is 2. The molecule has 1 saturated heterocycles. The van der Waals surface area contributed by atoms with Crippen molar-refractivity contribution in [2.75, 3.05) is 19.6 Å². The number of likely N-dealkylation sites (tertiary alicyclic amines) is 1. The fourth-order valence-corrected chi connectivity index (χ4v) is 5.28. The van der Waals surface area contributed by atoms with E-state index in [1.54, 1.807) is 11.3 Å². The molecule has 1 amide bonds. The highest BCUT2D eigenvalue weighted by atomic mass is 32.1. The average molecular weight is 408 g/mol. The Labute approximate surface area is 174 Å². The number of benzene rings is 1. The molecule has 3 aromatic rings. The van der Waals surface area contributed by atoms with Gasteiger partial charge in [0.15, 0.2) is 11.5 Å². The SMILES string of the molecule is Cc1ccc(CN2CC[C@H](CNC(=O)c3noc4c3CCc3sccc3-4)C2)cc1. The lowest BCUT2D eigenvalue weighted by Crippen LogP contribution is -2.31. The second-order valence-corrected chi connectivity index (χ2v) is 9.18. The smallest absolute Gasteiger partial charge is 0.273 e. The molecule has 5 rings (SSSR count). The standard InChI is InChI=1S/C23H25N3O2S/c1-15-2-4-16(5-3-15)13-26-10-8-17(14-26)12-24-23(27)21-19-6-7-20-18(9-11-29-20)22(19)28-25-21/h2-5,9,11,17H,6-8,10,12-14H2,1H3,(H,24,27)/t17-/m1/s1. The van der Waals surface area contributed by atoms with E-state index in [9.17, 15) is 4.79 Å². The molecule has 29 heavy (non-hydrogen) atoms. The first-order valence-corrected chi connectivity index (χ1v) is 11.2. The summed E-state index contributed by atoms with van der Waals surface area (Å²) in [5.74, 6) is 1.16. The monoisotopic (exact) mass is 407 g/mol. The highest BCUT2D eigenvalue weighted by Gasteiger charge is 2.29. The molecule has 1 aliphatic heterocycles. The quantitative estimate of drug-likeness (QED) is 0.693. The minimum atomic E-state index is -0.106. The first kappa shape index (κ1) is 18.6. The zero-order chi connectivity index (χ0) is 19.8. The van der Waals surface area contributed by atoms with Crippen LogP contribution in [0.25, 0.3) is 11.3 Å². The highest BCUT2D eigenvalue weighted by Crippen LogP contribution is 2.38. The van der Waals surface area contributed by atoms with Crippen LogP contribution in [-0.2, 0) is 19.4 Å². The predicted octanol–water partition coefficient (Wildman–Crippen LogP) is 4.06. The van der Waals surface area contributed by atoms with Crippen LogP contribution in [0.3, 0.4) is 0 Å². The second-order valence-electron chi connectivity index (χ2n) is 8.18. The van der Waals surface area contributed by atoms with Crippen LogP contribution in [0.2, 0.25) is 0 Å². The van der Waals surface area contributed by atoms with E-state index in [0.717, 1.165) is 55.8 Å². The number of thiophene rings is 1. The van der Waals surface area contributed by atoms with Gasteiger partial charge in [-0.05, 0) is 55.7 Å². The summed E-state index contributed by atoms with van der Waals surface area (Å²) in [7, 11) is 0. The maximum Gasteiger partial charge on any atom is 0.273 e. The van der Waals surface area contributed by atoms with Crippen LogP contribution in [0.5, 0.6) is 0 Å². The van der Waals surface area contributed by atoms with E-state index in [4.69, 9.17) is 4.52 Å². The van der Waals surface area contributed by atoms with Crippen molar-refractivity contribution in [3.63, 3.8) is 0 Å². The van der Waals surface area contributed by atoms with Gasteiger partial charge in [-0.15, -0.1) is 11.3 Å². The van der Waals surface area contributed by atoms with Gasteiger partial charge in [-0.2, -0.15) is 0 Å². The summed E-state index contributed by atoms with van der Waals surface area (Å²) in [5.41, 5.74) is 5.17. The van der Waals surface area contributed by atoms with E-state index < -0.39 is 0 Å². The summed E-state index contributed by atoms with van der Waals surface area (Å²) >= 11 is 1.74. The van der Waals surface area contributed by atoms with Gasteiger partial charge in [0.25, 0.3) is 5.91 Å². The molecule has 3 heterocycles. The first-order chi connectivity index (χ1) is 14.2. The molecule has 0 bridgehead atoms. The van der Waals surface area contributed by atoms with Crippen LogP contribution in [0.1, 0.15) is 38.5 Å². The number of carbonyl (C=O) groups is 1. The largest absolute Gasteiger partial charge is 0.355 e. The predicted molar refractivity (Wildman–Crippen MR) is 114 cm³/mol. The molecular formula is C23H25N3O2S. The Balaban J connectivity index is 1.17. The zero-order valence-electron chi connectivity index (χ0n) is 16.6. The summed E-state index contributed by atoms with van der Waals surface area (Å²) in [4.78, 5) is 16.5. The highest BCUT2D eigenvalue weighted by molar-refractivity contribution is 7.10. The number of rotatable bonds is 5. The number of nitrogens with one attached hydrogen (secondary N) is 1. The third kappa shape index (κ3) is 3.74. The molecule has 0 unspecified atom stereocenters. The number of aromatic nitrogens is 1. The van der Waals surface area contributed by atoms with Crippen molar-refractivity contribution in [3.05, 3.63) is 63.0 Å². The lowest BCUT2D eigenvalue weighted by Gasteiger charge is -2.16. The molecule has 1 atom stereocenters. The summed E-state index contributed by atoms with van der Waals surface area (Å²) in [6.07, 6.45) is 2.89. The number of hydrogen-bond donors (Lipinski definition) is 1. The van der Waals surface area contributed by atoms with Crippen molar-refractivity contribution < 1.29 is 9.32 Å². The topological polar surface area (TPSA) is 58.4 Å². The second kappa shape index (κ2) is 7.76. The average Bonchev–Trinajstić information content (AvgIpc) is 3.46. The molecule has 1 N–H and O–H groups in total. The van der Waals surface area contributed by atoms with Gasteiger partial charge in [0.05, 0.1) is 0 Å². The lowest BCUT2D eigenvalue weighted by molar-refractivity contribution is 0.0937. The Hall–Kier alpha value is -2.44. The molecule has 0 spiro atoms. The Morgan fingerprint density at radius 2 is 2.14 bits per heavy atom. The van der Waals surface area contributed by atoms with Crippen molar-refractivity contribution in [2.45, 2.75) is 32.7 Å². The van der Waals surface area contributed by atoms with Crippen molar-refractivity contribution in [1.82, 2.24) is 15.4 Å². The van der Waals surface area contributed by atoms with E-state index in [0.29, 0.717) is 18.2 Å². The van der Waals surface area contributed by atoms with Gasteiger partial charge in [0.2, 0.25) is 0 Å². The van der Waals surface area contributed by atoms with Gasteiger partial charge < -0.3 is 9.84 Å².